The first kappa shape index (κ1) is 41.6. The Bertz CT molecular complexity index is 1050. The maximum absolute atomic E-state index is 11.1. The van der Waals surface area contributed by atoms with Crippen molar-refractivity contribution >= 4 is 11.9 Å². The summed E-state index contributed by atoms with van der Waals surface area (Å²) in [6.45, 7) is 12.4. The Hall–Kier alpha value is -0.792. The van der Waals surface area contributed by atoms with Gasteiger partial charge in [-0.3, -0.25) is 9.69 Å². The number of hydrogen-bond acceptors (Lipinski definition) is 5. The number of ether oxygens (including phenoxy) is 1. The summed E-state index contributed by atoms with van der Waals surface area (Å²) in [6, 6.07) is -0.160. The van der Waals surface area contributed by atoms with Crippen molar-refractivity contribution in [1.29, 1.82) is 0 Å². The van der Waals surface area contributed by atoms with Gasteiger partial charge in [-0.15, -0.1) is 0 Å². The predicted molar refractivity (Wildman–Crippen MR) is 187 cm³/mol. The van der Waals surface area contributed by atoms with E-state index < -0.39 is 11.9 Å². The van der Waals surface area contributed by atoms with Crippen molar-refractivity contribution in [2.75, 3.05) is 26.2 Å². The first-order valence-electron chi connectivity index (χ1n) is 19.1. The molecule has 0 aliphatic heterocycles. The molecule has 9 heteroatoms. The normalized spacial score (nSPS) is 36.4. The molecule has 8 nitrogen and oxygen atoms in total. The Balaban J connectivity index is 0.000000608. The van der Waals surface area contributed by atoms with E-state index in [0.717, 1.165) is 67.6 Å². The van der Waals surface area contributed by atoms with Gasteiger partial charge in [-0.1, -0.05) is 91.2 Å². The molecular weight excluding hydrogens is 786 g/mol. The Morgan fingerprint density at radius 1 is 0.979 bits per heavy atom. The summed E-state index contributed by atoms with van der Waals surface area (Å²) in [5, 5.41) is 20.0. The van der Waals surface area contributed by atoms with Gasteiger partial charge in [0.2, 0.25) is 0 Å². The fraction of sp³-hybridized carbons (Fsp3) is 0.897. The summed E-state index contributed by atoms with van der Waals surface area (Å²) < 4.78 is 6.19. The summed E-state index contributed by atoms with van der Waals surface area (Å²) in [6.07, 6.45) is 21.0. The number of carbonyl (C=O) groups is 2. The van der Waals surface area contributed by atoms with Gasteiger partial charge in [-0.2, -0.15) is 12.1 Å². The van der Waals surface area contributed by atoms with Crippen LogP contribution >= 0.6 is 0 Å². The van der Waals surface area contributed by atoms with Crippen LogP contribution in [0.15, 0.2) is 11.6 Å². The van der Waals surface area contributed by atoms with Crippen molar-refractivity contribution in [2.24, 2.45) is 46.3 Å². The second-order valence-corrected chi connectivity index (χ2v) is 17.0. The van der Waals surface area contributed by atoms with Crippen LogP contribution < -0.4 is 5.11 Å². The monoisotopic (exact) mass is 851 g/mol. The molecule has 280 valence electrons. The molecule has 4 fully saturated rings. The number of carboxylic acids is 2. The molecule has 4 saturated carbocycles. The van der Waals surface area contributed by atoms with Gasteiger partial charge in [-0.05, 0) is 97.7 Å². The Morgan fingerprint density at radius 3 is 2.27 bits per heavy atom. The van der Waals surface area contributed by atoms with Crippen molar-refractivity contribution in [3.8, 4) is 0 Å². The summed E-state index contributed by atoms with van der Waals surface area (Å²) in [5.41, 5.74) is 16.9. The number of allylic oxidation sites excluding steroid dienone is 1. The zero-order valence-corrected chi connectivity index (χ0v) is 32.8. The molecule has 0 saturated heterocycles. The van der Waals surface area contributed by atoms with Crippen molar-refractivity contribution in [3.05, 3.63) is 23.1 Å². The van der Waals surface area contributed by atoms with E-state index in [-0.39, 0.29) is 64.3 Å². The molecule has 0 bridgehead atoms. The van der Waals surface area contributed by atoms with Gasteiger partial charge in [0.15, 0.2) is 0 Å². The molecule has 5 rings (SSSR count). The molecule has 5 aliphatic rings. The molecule has 10 atom stereocenters. The summed E-state index contributed by atoms with van der Waals surface area (Å²) >= 11 is 0. The van der Waals surface area contributed by atoms with E-state index in [0.29, 0.717) is 12.0 Å². The van der Waals surface area contributed by atoms with Crippen molar-refractivity contribution in [1.82, 2.24) is 4.90 Å². The fourth-order valence-corrected chi connectivity index (χ4v) is 10.9. The van der Waals surface area contributed by atoms with Crippen molar-refractivity contribution < 1.29 is 45.6 Å². The minimum Gasteiger partial charge on any atom is -0.676 e. The van der Waals surface area contributed by atoms with E-state index in [1.165, 1.54) is 69.1 Å². The van der Waals surface area contributed by atoms with E-state index in [9.17, 15) is 14.7 Å². The molecule has 0 aromatic heterocycles. The molecule has 0 spiro atoms. The van der Waals surface area contributed by atoms with Gasteiger partial charge in [0.1, 0.15) is 0 Å². The molecule has 0 radical (unpaired) electrons. The van der Waals surface area contributed by atoms with E-state index >= 15 is 0 Å². The number of carbonyl (C=O) groups excluding carboxylic acids is 1. The average molecular weight is 852 g/mol. The topological polar surface area (TPSA) is 138 Å². The van der Waals surface area contributed by atoms with E-state index in [4.69, 9.17) is 21.3 Å². The van der Waals surface area contributed by atoms with Crippen LogP contribution in [0.3, 0.4) is 0 Å². The zero-order chi connectivity index (χ0) is 34.4. The third-order valence-electron chi connectivity index (χ3n) is 13.5. The first-order valence-corrected chi connectivity index (χ1v) is 19.1. The number of fused-ring (bicyclic) bond motifs is 5. The molecule has 0 amide bonds. The van der Waals surface area contributed by atoms with Crippen LogP contribution in [-0.4, -0.2) is 66.4 Å². The standard InChI is InChI=1S/C33H55NO5.C6H12N2.Pt/c1-22(2)7-6-8-23(3)27-11-12-28-26-10-9-24-19-25(39-18-17-34(20-30(35)36)21-31(37)38)13-15-32(24,4)29(26)14-16-33(27,28)5;7-5-3-1-2-4-6(5)8;/h9,22-23,25-29H,6-8,10-21H2,1-5H3,(H,35,36)(H,37,38);5-8H,1-4H2;/q;-2;/p-1/t23-,25+,26+,27-,28+,29+,32+,33-;5-,6-;/m11./s1. The second kappa shape index (κ2) is 18.6. The summed E-state index contributed by atoms with van der Waals surface area (Å²) in [4.78, 5) is 23.4. The number of rotatable bonds is 13. The number of hydrogen-bond donors (Lipinski definition) is 1. The maximum atomic E-state index is 11.1. The Kier molecular flexibility index (Phi) is 16.2. The summed E-state index contributed by atoms with van der Waals surface area (Å²) in [5.74, 6) is 2.69. The van der Waals surface area contributed by atoms with Crippen LogP contribution in [0.5, 0.6) is 0 Å². The molecule has 0 aromatic carbocycles. The maximum Gasteiger partial charge on any atom is 0.317 e. The predicted octanol–water partition coefficient (Wildman–Crippen LogP) is 7.95. The van der Waals surface area contributed by atoms with Gasteiger partial charge >= 0.3 is 5.97 Å². The molecule has 0 heterocycles. The van der Waals surface area contributed by atoms with Crippen LogP contribution in [0.2, 0.25) is 0 Å². The second-order valence-electron chi connectivity index (χ2n) is 17.0. The third-order valence-corrected chi connectivity index (χ3v) is 13.5. The van der Waals surface area contributed by atoms with E-state index in [1.807, 2.05) is 0 Å². The third kappa shape index (κ3) is 10.4. The minimum absolute atomic E-state index is 0. The Labute approximate surface area is 306 Å². The molecule has 0 aromatic rings. The van der Waals surface area contributed by atoms with Gasteiger partial charge in [0.25, 0.3) is 0 Å². The molecular formula is C39H66N3O5Pt-3. The molecule has 0 unspecified atom stereocenters. The number of nitrogens with zero attached hydrogens (tertiary/aromatic N) is 1. The fourth-order valence-electron chi connectivity index (χ4n) is 10.9. The van der Waals surface area contributed by atoms with Crippen LogP contribution in [0.1, 0.15) is 131 Å². The number of carboxylic acid groups (broad SMARTS) is 2. The van der Waals surface area contributed by atoms with Gasteiger partial charge in [-0.25, -0.2) is 0 Å². The van der Waals surface area contributed by atoms with Crippen LogP contribution in [0.4, 0.5) is 0 Å². The average Bonchev–Trinajstić information content (AvgIpc) is 3.35. The smallest absolute Gasteiger partial charge is 0.317 e. The molecule has 5 aliphatic carbocycles. The zero-order valence-electron chi connectivity index (χ0n) is 30.6. The van der Waals surface area contributed by atoms with Gasteiger partial charge in [0, 0.05) is 34.2 Å². The largest absolute Gasteiger partial charge is 0.676 e. The van der Waals surface area contributed by atoms with E-state index in [1.54, 1.807) is 5.57 Å². The first-order chi connectivity index (χ1) is 22.2. The molecule has 3 N–H and O–H groups in total. The van der Waals surface area contributed by atoms with Gasteiger partial charge in [0.05, 0.1) is 25.2 Å². The van der Waals surface area contributed by atoms with Crippen LogP contribution in [-0.2, 0) is 35.4 Å². The SMILES string of the molecule is CC(C)CCC[C@@H](C)[C@H]1CC[C@H]2[C@@H]3CC=C4C[C@@H](OCCN(CC(=O)[O-])CC(=O)O)CC[C@]4(C)[C@H]3CC[C@]12C.[NH-][C@@H]1CCCC[C@H]1[NH-].[Pt]. The van der Waals surface area contributed by atoms with Crippen LogP contribution in [0, 0.1) is 46.3 Å². The van der Waals surface area contributed by atoms with E-state index in [2.05, 4.69) is 40.7 Å². The number of nitrogens with one attached hydrogen (secondary N) is 2. The van der Waals surface area contributed by atoms with Crippen molar-refractivity contribution in [3.63, 3.8) is 0 Å². The quantitative estimate of drug-likeness (QED) is 0.187. The molecule has 48 heavy (non-hydrogen) atoms. The van der Waals surface area contributed by atoms with Crippen LogP contribution in [0.25, 0.3) is 11.5 Å². The number of aliphatic carboxylic acids is 2. The van der Waals surface area contributed by atoms with Crippen molar-refractivity contribution in [2.45, 2.75) is 149 Å². The summed E-state index contributed by atoms with van der Waals surface area (Å²) in [7, 11) is 0. The van der Waals surface area contributed by atoms with Gasteiger partial charge < -0.3 is 31.2 Å². The Morgan fingerprint density at radius 2 is 1.67 bits per heavy atom. The minimum atomic E-state index is -1.26.